The fourth-order valence-electron chi connectivity index (χ4n) is 4.05. The molecule has 2 heterocycles. The fourth-order valence-corrected chi connectivity index (χ4v) is 4.05. The Morgan fingerprint density at radius 3 is 2.39 bits per heavy atom. The molecule has 33 heavy (non-hydrogen) atoms. The number of para-hydroxylation sites is 1. The predicted molar refractivity (Wildman–Crippen MR) is 127 cm³/mol. The van der Waals surface area contributed by atoms with Crippen molar-refractivity contribution in [3.05, 3.63) is 85.6 Å². The Morgan fingerprint density at radius 1 is 1.03 bits per heavy atom. The lowest BCUT2D eigenvalue weighted by molar-refractivity contribution is -0.115. The van der Waals surface area contributed by atoms with Crippen molar-refractivity contribution in [1.82, 2.24) is 9.36 Å². The molecule has 0 atom stereocenters. The topological polar surface area (TPSA) is 95.5 Å². The summed E-state index contributed by atoms with van der Waals surface area (Å²) in [4.78, 5) is 38.6. The van der Waals surface area contributed by atoms with Crippen LogP contribution in [0.3, 0.4) is 0 Å². The SMILES string of the molecule is COc1ccc2c(C)c(CC(=O)Nc3c(C)n(C)n(-c4ccccc4)c3=O)c(=O)oc2c1C. The number of rotatable bonds is 5. The summed E-state index contributed by atoms with van der Waals surface area (Å²) >= 11 is 0. The number of ether oxygens (including phenoxy) is 1. The number of fused-ring (bicyclic) bond motifs is 1. The van der Waals surface area contributed by atoms with E-state index in [-0.39, 0.29) is 23.2 Å². The van der Waals surface area contributed by atoms with E-state index in [1.54, 1.807) is 44.8 Å². The van der Waals surface area contributed by atoms with E-state index in [2.05, 4.69) is 5.32 Å². The summed E-state index contributed by atoms with van der Waals surface area (Å²) in [7, 11) is 3.30. The smallest absolute Gasteiger partial charge is 0.340 e. The Kier molecular flexibility index (Phi) is 5.68. The maximum Gasteiger partial charge on any atom is 0.340 e. The van der Waals surface area contributed by atoms with Crippen molar-refractivity contribution in [2.75, 3.05) is 12.4 Å². The molecule has 4 rings (SSSR count). The minimum atomic E-state index is -0.585. The molecule has 0 unspecified atom stereocenters. The monoisotopic (exact) mass is 447 g/mol. The van der Waals surface area contributed by atoms with Gasteiger partial charge in [0.15, 0.2) is 0 Å². The predicted octanol–water partition coefficient (Wildman–Crippen LogP) is 3.40. The molecular weight excluding hydrogens is 422 g/mol. The molecule has 1 N–H and O–H groups in total. The minimum absolute atomic E-state index is 0.176. The zero-order valence-corrected chi connectivity index (χ0v) is 19.2. The molecule has 0 spiro atoms. The van der Waals surface area contributed by atoms with Crippen molar-refractivity contribution < 1.29 is 13.9 Å². The van der Waals surface area contributed by atoms with E-state index < -0.39 is 11.5 Å². The van der Waals surface area contributed by atoms with Crippen LogP contribution in [0.1, 0.15) is 22.4 Å². The van der Waals surface area contributed by atoms with E-state index in [1.807, 2.05) is 37.3 Å². The Labute approximate surface area is 190 Å². The Hall–Kier alpha value is -4.07. The van der Waals surface area contributed by atoms with Crippen LogP contribution in [0.5, 0.6) is 5.75 Å². The Morgan fingerprint density at radius 2 is 1.73 bits per heavy atom. The lowest BCUT2D eigenvalue weighted by Gasteiger charge is -2.11. The maximum absolute atomic E-state index is 13.0. The third-order valence-corrected chi connectivity index (χ3v) is 6.03. The molecule has 8 heteroatoms. The maximum atomic E-state index is 13.0. The number of aromatic nitrogens is 2. The largest absolute Gasteiger partial charge is 0.496 e. The van der Waals surface area contributed by atoms with Crippen LogP contribution in [-0.2, 0) is 18.3 Å². The van der Waals surface area contributed by atoms with Crippen molar-refractivity contribution in [3.63, 3.8) is 0 Å². The Balaban J connectivity index is 1.68. The highest BCUT2D eigenvalue weighted by Crippen LogP contribution is 2.29. The quantitative estimate of drug-likeness (QED) is 0.473. The molecule has 2 aromatic heterocycles. The van der Waals surface area contributed by atoms with Crippen LogP contribution in [0, 0.1) is 20.8 Å². The summed E-state index contributed by atoms with van der Waals surface area (Å²) in [5.74, 6) is 0.144. The van der Waals surface area contributed by atoms with Gasteiger partial charge in [0, 0.05) is 18.0 Å². The number of amides is 1. The van der Waals surface area contributed by atoms with Crippen molar-refractivity contribution in [1.29, 1.82) is 0 Å². The lowest BCUT2D eigenvalue weighted by atomic mass is 10.0. The van der Waals surface area contributed by atoms with Crippen molar-refractivity contribution in [3.8, 4) is 11.4 Å². The van der Waals surface area contributed by atoms with Crippen LogP contribution in [-0.4, -0.2) is 22.4 Å². The second-order valence-corrected chi connectivity index (χ2v) is 7.92. The zero-order valence-electron chi connectivity index (χ0n) is 19.2. The molecule has 0 aliphatic carbocycles. The average Bonchev–Trinajstić information content (AvgIpc) is 3.01. The van der Waals surface area contributed by atoms with Gasteiger partial charge in [0.1, 0.15) is 17.0 Å². The molecule has 170 valence electrons. The molecule has 4 aromatic rings. The van der Waals surface area contributed by atoms with E-state index in [1.165, 1.54) is 4.68 Å². The van der Waals surface area contributed by atoms with Crippen molar-refractivity contribution >= 4 is 22.6 Å². The van der Waals surface area contributed by atoms with E-state index in [9.17, 15) is 14.4 Å². The van der Waals surface area contributed by atoms with Crippen LogP contribution >= 0.6 is 0 Å². The first-order chi connectivity index (χ1) is 15.7. The van der Waals surface area contributed by atoms with Gasteiger partial charge in [0.2, 0.25) is 5.91 Å². The number of aryl methyl sites for hydroxylation is 2. The number of carbonyl (C=O) groups is 1. The van der Waals surface area contributed by atoms with E-state index in [0.717, 1.165) is 5.39 Å². The molecule has 1 amide bonds. The van der Waals surface area contributed by atoms with Gasteiger partial charge in [-0.3, -0.25) is 14.3 Å². The minimum Gasteiger partial charge on any atom is -0.496 e. The number of anilines is 1. The van der Waals surface area contributed by atoms with Gasteiger partial charge in [0.25, 0.3) is 5.56 Å². The molecule has 8 nitrogen and oxygen atoms in total. The first-order valence-corrected chi connectivity index (χ1v) is 10.5. The molecule has 0 fully saturated rings. The molecule has 2 aromatic carbocycles. The standard InChI is InChI=1S/C25H25N3O5/c1-14-18-11-12-20(32-5)15(2)23(18)33-25(31)19(14)13-21(29)26-22-16(3)27(4)28(24(22)30)17-9-7-6-8-10-17/h6-12H,13H2,1-5H3,(H,26,29). The second-order valence-electron chi connectivity index (χ2n) is 7.92. The molecule has 0 saturated heterocycles. The summed E-state index contributed by atoms with van der Waals surface area (Å²) in [6.45, 7) is 5.35. The van der Waals surface area contributed by atoms with Gasteiger partial charge >= 0.3 is 5.63 Å². The molecule has 0 saturated carbocycles. The summed E-state index contributed by atoms with van der Waals surface area (Å²) in [5, 5.41) is 3.43. The fraction of sp³-hybridized carbons (Fsp3) is 0.240. The van der Waals surface area contributed by atoms with Gasteiger partial charge in [-0.2, -0.15) is 0 Å². The van der Waals surface area contributed by atoms with Crippen LogP contribution in [0.4, 0.5) is 5.69 Å². The molecular formula is C25H25N3O5. The molecule has 0 radical (unpaired) electrons. The van der Waals surface area contributed by atoms with Gasteiger partial charge in [0.05, 0.1) is 30.5 Å². The summed E-state index contributed by atoms with van der Waals surface area (Å²) in [6.07, 6.45) is -0.214. The first-order valence-electron chi connectivity index (χ1n) is 10.5. The van der Waals surface area contributed by atoms with Gasteiger partial charge in [-0.25, -0.2) is 9.48 Å². The number of carbonyl (C=O) groups excluding carboxylic acids is 1. The first kappa shape index (κ1) is 22.1. The van der Waals surface area contributed by atoms with Crippen LogP contribution < -0.4 is 21.2 Å². The Bertz CT molecular complexity index is 1490. The number of nitrogens with one attached hydrogen (secondary N) is 1. The second kappa shape index (κ2) is 8.46. The van der Waals surface area contributed by atoms with Gasteiger partial charge in [-0.1, -0.05) is 18.2 Å². The van der Waals surface area contributed by atoms with Crippen molar-refractivity contribution in [2.24, 2.45) is 7.05 Å². The van der Waals surface area contributed by atoms with Crippen LogP contribution in [0.2, 0.25) is 0 Å². The van der Waals surface area contributed by atoms with Crippen LogP contribution in [0.15, 0.2) is 56.5 Å². The van der Waals surface area contributed by atoms with Gasteiger partial charge in [-0.15, -0.1) is 0 Å². The number of hydrogen-bond acceptors (Lipinski definition) is 5. The lowest BCUT2D eigenvalue weighted by Crippen LogP contribution is -2.25. The highest BCUT2D eigenvalue weighted by Gasteiger charge is 2.21. The molecule has 0 bridgehead atoms. The van der Waals surface area contributed by atoms with Gasteiger partial charge in [-0.05, 0) is 50.6 Å². The third-order valence-electron chi connectivity index (χ3n) is 6.03. The zero-order chi connectivity index (χ0) is 23.9. The number of methoxy groups -OCH3 is 1. The highest BCUT2D eigenvalue weighted by molar-refractivity contribution is 5.94. The summed E-state index contributed by atoms with van der Waals surface area (Å²) < 4.78 is 14.0. The summed E-state index contributed by atoms with van der Waals surface area (Å²) in [5.41, 5.74) is 2.59. The average molecular weight is 447 g/mol. The number of nitrogens with zero attached hydrogens (tertiary/aromatic N) is 2. The van der Waals surface area contributed by atoms with E-state index >= 15 is 0 Å². The number of hydrogen-bond donors (Lipinski definition) is 1. The normalized spacial score (nSPS) is 11.1. The highest BCUT2D eigenvalue weighted by atomic mass is 16.5. The summed E-state index contributed by atoms with van der Waals surface area (Å²) in [6, 6.07) is 12.8. The molecule has 0 aliphatic heterocycles. The van der Waals surface area contributed by atoms with Crippen molar-refractivity contribution in [2.45, 2.75) is 27.2 Å². The third kappa shape index (κ3) is 3.73. The van der Waals surface area contributed by atoms with E-state index in [0.29, 0.717) is 33.8 Å². The molecule has 0 aliphatic rings. The van der Waals surface area contributed by atoms with Gasteiger partial charge < -0.3 is 14.5 Å². The van der Waals surface area contributed by atoms with Crippen LogP contribution in [0.25, 0.3) is 16.7 Å². The number of benzene rings is 2. The van der Waals surface area contributed by atoms with E-state index in [4.69, 9.17) is 9.15 Å².